The summed E-state index contributed by atoms with van der Waals surface area (Å²) in [6, 6.07) is -0.280. The minimum absolute atomic E-state index is 0.00893. The molecule has 90 valence electrons. The van der Waals surface area contributed by atoms with E-state index in [1.165, 1.54) is 4.90 Å². The first-order chi connectivity index (χ1) is 7.41. The number of nitrogens with one attached hydrogen (secondary N) is 1. The van der Waals surface area contributed by atoms with Crippen LogP contribution in [-0.4, -0.2) is 44.7 Å². The summed E-state index contributed by atoms with van der Waals surface area (Å²) in [5.41, 5.74) is 0. The number of hydrogen-bond donors (Lipinski definition) is 1. The van der Waals surface area contributed by atoms with Crippen LogP contribution in [0.5, 0.6) is 0 Å². The van der Waals surface area contributed by atoms with Gasteiger partial charge in [0.05, 0.1) is 10.8 Å². The first kappa shape index (κ1) is 13.0. The van der Waals surface area contributed by atoms with Crippen molar-refractivity contribution in [2.24, 2.45) is 0 Å². The predicted octanol–water partition coefficient (Wildman–Crippen LogP) is 1.15. The fraction of sp³-hybridized carbons (Fsp3) is 0.625. The molecule has 16 heavy (non-hydrogen) atoms. The van der Waals surface area contributed by atoms with E-state index >= 15 is 0 Å². The molecule has 1 aromatic heterocycles. The van der Waals surface area contributed by atoms with Gasteiger partial charge in [0.25, 0.3) is 0 Å². The zero-order chi connectivity index (χ0) is 12.3. The third-order valence-corrected chi connectivity index (χ3v) is 4.29. The Bertz CT molecular complexity index is 402. The Labute approximate surface area is 101 Å². The van der Waals surface area contributed by atoms with E-state index in [-0.39, 0.29) is 11.3 Å². The number of urea groups is 1. The third-order valence-electron chi connectivity index (χ3n) is 1.63. The summed E-state index contributed by atoms with van der Waals surface area (Å²) in [6.07, 6.45) is 0. The quantitative estimate of drug-likeness (QED) is 0.829. The molecule has 0 aliphatic heterocycles. The second-order valence-corrected chi connectivity index (χ2v) is 6.70. The molecule has 0 spiro atoms. The summed E-state index contributed by atoms with van der Waals surface area (Å²) in [4.78, 5) is 12.7. The van der Waals surface area contributed by atoms with Crippen LogP contribution in [0.15, 0.2) is 4.34 Å². The van der Waals surface area contributed by atoms with E-state index in [0.717, 1.165) is 11.3 Å². The van der Waals surface area contributed by atoms with Crippen molar-refractivity contribution in [3.05, 3.63) is 0 Å². The van der Waals surface area contributed by atoms with Crippen LogP contribution in [0.4, 0.5) is 9.93 Å². The van der Waals surface area contributed by atoms with Crippen LogP contribution in [0.1, 0.15) is 13.8 Å². The number of hydrogen-bond acceptors (Lipinski definition) is 5. The van der Waals surface area contributed by atoms with Gasteiger partial charge in [0.1, 0.15) is 0 Å². The number of aromatic nitrogens is 2. The molecule has 1 unspecified atom stereocenters. The van der Waals surface area contributed by atoms with Gasteiger partial charge in [-0.2, -0.15) is 0 Å². The van der Waals surface area contributed by atoms with Crippen molar-refractivity contribution in [1.29, 1.82) is 0 Å². The monoisotopic (exact) mass is 262 g/mol. The van der Waals surface area contributed by atoms with E-state index in [0.29, 0.717) is 9.47 Å². The van der Waals surface area contributed by atoms with Gasteiger partial charge < -0.3 is 4.90 Å². The van der Waals surface area contributed by atoms with E-state index in [9.17, 15) is 9.00 Å². The standard InChI is InChI=1S/C8H14N4O2S2/c1-5(2)16(14)8-11-10-6(15-8)9-7(13)12(3)4/h5H,1-4H3,(H,9,10,13). The van der Waals surface area contributed by atoms with Crippen molar-refractivity contribution >= 4 is 33.3 Å². The highest BCUT2D eigenvalue weighted by atomic mass is 32.2. The summed E-state index contributed by atoms with van der Waals surface area (Å²) in [5.74, 6) is 0. The zero-order valence-corrected chi connectivity index (χ0v) is 11.2. The zero-order valence-electron chi connectivity index (χ0n) is 9.55. The minimum Gasteiger partial charge on any atom is -0.331 e. The highest BCUT2D eigenvalue weighted by Crippen LogP contribution is 2.20. The van der Waals surface area contributed by atoms with Crippen LogP contribution in [0.2, 0.25) is 0 Å². The Hall–Kier alpha value is -1.02. The van der Waals surface area contributed by atoms with Crippen molar-refractivity contribution < 1.29 is 9.00 Å². The molecule has 1 N–H and O–H groups in total. The van der Waals surface area contributed by atoms with E-state index in [2.05, 4.69) is 15.5 Å². The largest absolute Gasteiger partial charge is 0.331 e. The second kappa shape index (κ2) is 5.35. The molecule has 8 heteroatoms. The van der Waals surface area contributed by atoms with Crippen molar-refractivity contribution in [1.82, 2.24) is 15.1 Å². The molecule has 0 aromatic carbocycles. The maximum atomic E-state index is 11.7. The molecule has 0 aliphatic rings. The topological polar surface area (TPSA) is 75.2 Å². The number of amides is 2. The lowest BCUT2D eigenvalue weighted by atomic mass is 10.6. The van der Waals surface area contributed by atoms with Crippen LogP contribution < -0.4 is 5.32 Å². The van der Waals surface area contributed by atoms with Gasteiger partial charge in [0.2, 0.25) is 9.47 Å². The fourth-order valence-corrected chi connectivity index (χ4v) is 2.88. The molecule has 0 saturated heterocycles. The number of anilines is 1. The molecule has 2 amide bonds. The molecule has 0 radical (unpaired) electrons. The van der Waals surface area contributed by atoms with Crippen molar-refractivity contribution in [2.45, 2.75) is 23.4 Å². The van der Waals surface area contributed by atoms with Gasteiger partial charge >= 0.3 is 6.03 Å². The van der Waals surface area contributed by atoms with E-state index in [4.69, 9.17) is 0 Å². The molecular formula is C8H14N4O2S2. The maximum Gasteiger partial charge on any atom is 0.323 e. The fourth-order valence-electron chi connectivity index (χ4n) is 0.746. The SMILES string of the molecule is CC(C)S(=O)c1nnc(NC(=O)N(C)C)s1. The number of carbonyl (C=O) groups excluding carboxylic acids is 1. The third kappa shape index (κ3) is 3.24. The molecule has 0 aliphatic carbocycles. The summed E-state index contributed by atoms with van der Waals surface area (Å²) in [7, 11) is 2.10. The van der Waals surface area contributed by atoms with Crippen molar-refractivity contribution in [3.63, 3.8) is 0 Å². The Morgan fingerprint density at radius 3 is 2.56 bits per heavy atom. The molecule has 1 rings (SSSR count). The number of nitrogens with zero attached hydrogens (tertiary/aromatic N) is 3. The second-order valence-electron chi connectivity index (χ2n) is 3.54. The van der Waals surface area contributed by atoms with Gasteiger partial charge in [0, 0.05) is 19.3 Å². The molecular weight excluding hydrogens is 248 g/mol. The highest BCUT2D eigenvalue weighted by molar-refractivity contribution is 7.87. The van der Waals surface area contributed by atoms with E-state index in [1.54, 1.807) is 14.1 Å². The lowest BCUT2D eigenvalue weighted by Crippen LogP contribution is -2.27. The first-order valence-electron chi connectivity index (χ1n) is 4.64. The van der Waals surface area contributed by atoms with Crippen molar-refractivity contribution in [2.75, 3.05) is 19.4 Å². The maximum absolute atomic E-state index is 11.7. The molecule has 1 heterocycles. The Morgan fingerprint density at radius 1 is 1.44 bits per heavy atom. The lowest BCUT2D eigenvalue weighted by molar-refractivity contribution is 0.230. The van der Waals surface area contributed by atoms with Gasteiger partial charge in [-0.15, -0.1) is 10.2 Å². The predicted molar refractivity (Wildman–Crippen MR) is 64.2 cm³/mol. The van der Waals surface area contributed by atoms with Crippen LogP contribution in [-0.2, 0) is 10.8 Å². The summed E-state index contributed by atoms with van der Waals surface area (Å²) >= 11 is 1.13. The van der Waals surface area contributed by atoms with Gasteiger partial charge in [-0.1, -0.05) is 25.2 Å². The minimum atomic E-state index is -1.16. The van der Waals surface area contributed by atoms with Crippen LogP contribution >= 0.6 is 11.3 Å². The highest BCUT2D eigenvalue weighted by Gasteiger charge is 2.15. The molecule has 1 atom stereocenters. The van der Waals surface area contributed by atoms with E-state index in [1.807, 2.05) is 13.8 Å². The smallest absolute Gasteiger partial charge is 0.323 e. The van der Waals surface area contributed by atoms with Crippen LogP contribution in [0.3, 0.4) is 0 Å². The molecule has 0 saturated carbocycles. The molecule has 6 nitrogen and oxygen atoms in total. The summed E-state index contributed by atoms with van der Waals surface area (Å²) in [5, 5.41) is 10.5. The lowest BCUT2D eigenvalue weighted by Gasteiger charge is -2.08. The van der Waals surface area contributed by atoms with Gasteiger partial charge in [-0.25, -0.2) is 4.79 Å². The Balaban J connectivity index is 2.72. The summed E-state index contributed by atoms with van der Waals surface area (Å²) < 4.78 is 12.1. The van der Waals surface area contributed by atoms with Crippen LogP contribution in [0, 0.1) is 0 Å². The number of carbonyl (C=O) groups is 1. The van der Waals surface area contributed by atoms with Gasteiger partial charge in [-0.3, -0.25) is 9.53 Å². The average Bonchev–Trinajstić information content (AvgIpc) is 2.64. The van der Waals surface area contributed by atoms with Gasteiger partial charge in [0.15, 0.2) is 0 Å². The molecule has 1 aromatic rings. The number of rotatable bonds is 3. The normalized spacial score (nSPS) is 12.6. The van der Waals surface area contributed by atoms with E-state index < -0.39 is 10.8 Å². The molecule has 0 bridgehead atoms. The first-order valence-corrected chi connectivity index (χ1v) is 6.67. The average molecular weight is 262 g/mol. The van der Waals surface area contributed by atoms with Crippen LogP contribution in [0.25, 0.3) is 0 Å². The van der Waals surface area contributed by atoms with Gasteiger partial charge in [-0.05, 0) is 0 Å². The van der Waals surface area contributed by atoms with Crippen molar-refractivity contribution in [3.8, 4) is 0 Å². The summed E-state index contributed by atoms with van der Waals surface area (Å²) in [6.45, 7) is 3.69. The Kier molecular flexibility index (Phi) is 4.36. The molecule has 0 fully saturated rings. The Morgan fingerprint density at radius 2 is 2.06 bits per heavy atom.